The van der Waals surface area contributed by atoms with Crippen LogP contribution in [0, 0.1) is 0 Å². The van der Waals surface area contributed by atoms with Crippen molar-refractivity contribution in [2.75, 3.05) is 20.8 Å². The summed E-state index contributed by atoms with van der Waals surface area (Å²) < 4.78 is 10.6. The van der Waals surface area contributed by atoms with Crippen LogP contribution in [0.2, 0.25) is 0 Å². The molecule has 0 saturated carbocycles. The van der Waals surface area contributed by atoms with Crippen LogP contribution in [-0.4, -0.2) is 26.7 Å². The van der Waals surface area contributed by atoms with Gasteiger partial charge in [-0.2, -0.15) is 0 Å². The van der Waals surface area contributed by atoms with Gasteiger partial charge in [-0.25, -0.2) is 0 Å². The van der Waals surface area contributed by atoms with E-state index in [9.17, 15) is 4.79 Å². The first-order valence-electron chi connectivity index (χ1n) is 7.92. The molecular weight excluding hydrogens is 340 g/mol. The molecule has 0 fully saturated rings. The van der Waals surface area contributed by atoms with Gasteiger partial charge in [-0.05, 0) is 35.7 Å². The average Bonchev–Trinajstić information content (AvgIpc) is 2.62. The van der Waals surface area contributed by atoms with Crippen molar-refractivity contribution in [3.63, 3.8) is 0 Å². The van der Waals surface area contributed by atoms with Gasteiger partial charge in [0.2, 0.25) is 5.91 Å². The van der Waals surface area contributed by atoms with E-state index in [4.69, 9.17) is 15.2 Å². The van der Waals surface area contributed by atoms with Crippen LogP contribution < -0.4 is 20.5 Å². The van der Waals surface area contributed by atoms with Gasteiger partial charge in [-0.3, -0.25) is 4.79 Å². The van der Waals surface area contributed by atoms with Crippen molar-refractivity contribution in [1.29, 1.82) is 0 Å². The Morgan fingerprint density at radius 1 is 1.12 bits per heavy atom. The Morgan fingerprint density at radius 2 is 1.84 bits per heavy atom. The van der Waals surface area contributed by atoms with E-state index in [2.05, 4.69) is 5.32 Å². The fraction of sp³-hybridized carbons (Fsp3) is 0.316. The fourth-order valence-electron chi connectivity index (χ4n) is 2.50. The molecule has 5 nitrogen and oxygen atoms in total. The third-order valence-corrected chi connectivity index (χ3v) is 3.84. The molecule has 0 bridgehead atoms. The van der Waals surface area contributed by atoms with Gasteiger partial charge in [0.1, 0.15) is 11.5 Å². The van der Waals surface area contributed by atoms with Crippen molar-refractivity contribution >= 4 is 18.3 Å². The molecule has 0 aliphatic carbocycles. The molecule has 0 aliphatic heterocycles. The van der Waals surface area contributed by atoms with Crippen molar-refractivity contribution in [1.82, 2.24) is 5.32 Å². The van der Waals surface area contributed by atoms with Crippen LogP contribution in [0.3, 0.4) is 0 Å². The van der Waals surface area contributed by atoms with E-state index in [-0.39, 0.29) is 30.8 Å². The van der Waals surface area contributed by atoms with E-state index in [1.165, 1.54) is 0 Å². The number of ether oxygens (including phenoxy) is 2. The van der Waals surface area contributed by atoms with Gasteiger partial charge in [0.25, 0.3) is 0 Å². The number of nitrogens with two attached hydrogens (primary N) is 1. The second-order valence-electron chi connectivity index (χ2n) is 5.50. The van der Waals surface area contributed by atoms with Gasteiger partial charge in [-0.15, -0.1) is 12.4 Å². The normalized spacial score (nSPS) is 11.2. The number of benzene rings is 2. The first-order chi connectivity index (χ1) is 11.6. The summed E-state index contributed by atoms with van der Waals surface area (Å²) in [6, 6.07) is 15.0. The summed E-state index contributed by atoms with van der Waals surface area (Å²) in [5.74, 6) is 1.49. The summed E-state index contributed by atoms with van der Waals surface area (Å²) >= 11 is 0. The third-order valence-electron chi connectivity index (χ3n) is 3.84. The largest absolute Gasteiger partial charge is 0.497 e. The molecule has 25 heavy (non-hydrogen) atoms. The maximum absolute atomic E-state index is 12.0. The van der Waals surface area contributed by atoms with Crippen LogP contribution >= 0.6 is 12.4 Å². The zero-order chi connectivity index (χ0) is 17.4. The molecule has 3 N–H and O–H groups in total. The maximum Gasteiger partial charge on any atom is 0.221 e. The number of carbonyl (C=O) groups excluding carboxylic acids is 1. The SMILES string of the molecule is COc1ccc(OC)c(CCNC(=O)CC(N)c2ccccc2)c1.Cl. The number of halogens is 1. The summed E-state index contributed by atoms with van der Waals surface area (Å²) in [6.45, 7) is 0.518. The Balaban J connectivity index is 0.00000312. The number of amides is 1. The molecule has 2 rings (SSSR count). The van der Waals surface area contributed by atoms with Gasteiger partial charge in [0, 0.05) is 19.0 Å². The molecular formula is C19H25ClN2O3. The highest BCUT2D eigenvalue weighted by Crippen LogP contribution is 2.24. The topological polar surface area (TPSA) is 73.6 Å². The highest BCUT2D eigenvalue weighted by Gasteiger charge is 2.11. The molecule has 2 aromatic rings. The number of hydrogen-bond donors (Lipinski definition) is 2. The van der Waals surface area contributed by atoms with Crippen LogP contribution in [0.25, 0.3) is 0 Å². The van der Waals surface area contributed by atoms with Crippen LogP contribution in [0.15, 0.2) is 48.5 Å². The summed E-state index contributed by atoms with van der Waals surface area (Å²) in [7, 11) is 3.25. The monoisotopic (exact) mass is 364 g/mol. The van der Waals surface area contributed by atoms with Crippen molar-refractivity contribution in [2.24, 2.45) is 5.73 Å². The van der Waals surface area contributed by atoms with E-state index in [1.54, 1.807) is 14.2 Å². The molecule has 136 valence electrons. The molecule has 0 aliphatic rings. The molecule has 0 saturated heterocycles. The van der Waals surface area contributed by atoms with Gasteiger partial charge in [0.15, 0.2) is 0 Å². The lowest BCUT2D eigenvalue weighted by Gasteiger charge is -2.13. The zero-order valence-corrected chi connectivity index (χ0v) is 15.3. The van der Waals surface area contributed by atoms with Crippen molar-refractivity contribution in [3.05, 3.63) is 59.7 Å². The molecule has 1 unspecified atom stereocenters. The zero-order valence-electron chi connectivity index (χ0n) is 14.5. The molecule has 1 atom stereocenters. The van der Waals surface area contributed by atoms with Crippen molar-refractivity contribution < 1.29 is 14.3 Å². The first-order valence-corrected chi connectivity index (χ1v) is 7.92. The van der Waals surface area contributed by atoms with E-state index >= 15 is 0 Å². The lowest BCUT2D eigenvalue weighted by Crippen LogP contribution is -2.29. The predicted octanol–water partition coefficient (Wildman–Crippen LogP) is 2.87. The minimum absolute atomic E-state index is 0. The molecule has 0 heterocycles. The van der Waals surface area contributed by atoms with Gasteiger partial charge in [-0.1, -0.05) is 30.3 Å². The van der Waals surface area contributed by atoms with Gasteiger partial charge < -0.3 is 20.5 Å². The number of rotatable bonds is 8. The molecule has 0 spiro atoms. The Labute approximate surface area is 154 Å². The Hall–Kier alpha value is -2.24. The second-order valence-corrected chi connectivity index (χ2v) is 5.50. The van der Waals surface area contributed by atoms with Gasteiger partial charge in [0.05, 0.1) is 14.2 Å². The number of nitrogens with one attached hydrogen (secondary N) is 1. The summed E-state index contributed by atoms with van der Waals surface area (Å²) in [5, 5.41) is 2.91. The summed E-state index contributed by atoms with van der Waals surface area (Å²) in [5.41, 5.74) is 8.02. The van der Waals surface area contributed by atoms with Crippen LogP contribution in [-0.2, 0) is 11.2 Å². The molecule has 0 aromatic heterocycles. The lowest BCUT2D eigenvalue weighted by molar-refractivity contribution is -0.121. The van der Waals surface area contributed by atoms with Crippen molar-refractivity contribution in [3.8, 4) is 11.5 Å². The number of carbonyl (C=O) groups is 1. The van der Waals surface area contributed by atoms with Crippen LogP contribution in [0.1, 0.15) is 23.6 Å². The quantitative estimate of drug-likeness (QED) is 0.755. The number of methoxy groups -OCH3 is 2. The van der Waals surface area contributed by atoms with Crippen LogP contribution in [0.4, 0.5) is 0 Å². The molecule has 2 aromatic carbocycles. The van der Waals surface area contributed by atoms with Crippen molar-refractivity contribution in [2.45, 2.75) is 18.9 Å². The molecule has 1 amide bonds. The maximum atomic E-state index is 12.0. The minimum atomic E-state index is -0.294. The fourth-order valence-corrected chi connectivity index (χ4v) is 2.50. The highest BCUT2D eigenvalue weighted by atomic mass is 35.5. The van der Waals surface area contributed by atoms with Crippen LogP contribution in [0.5, 0.6) is 11.5 Å². The lowest BCUT2D eigenvalue weighted by atomic mass is 10.0. The first kappa shape index (κ1) is 20.8. The van der Waals surface area contributed by atoms with E-state index < -0.39 is 0 Å². The third kappa shape index (κ3) is 6.29. The van der Waals surface area contributed by atoms with E-state index in [1.807, 2.05) is 48.5 Å². The Morgan fingerprint density at radius 3 is 2.48 bits per heavy atom. The standard InChI is InChI=1S/C19H24N2O3.ClH/c1-23-16-8-9-18(24-2)15(12-16)10-11-21-19(22)13-17(20)14-6-4-3-5-7-14;/h3-9,12,17H,10-11,13,20H2,1-2H3,(H,21,22);1H. The van der Waals surface area contributed by atoms with E-state index in [0.29, 0.717) is 13.0 Å². The summed E-state index contributed by atoms with van der Waals surface area (Å²) in [6.07, 6.45) is 0.923. The molecule has 0 radical (unpaired) electrons. The number of hydrogen-bond acceptors (Lipinski definition) is 4. The summed E-state index contributed by atoms with van der Waals surface area (Å²) in [4.78, 5) is 12.0. The van der Waals surface area contributed by atoms with E-state index in [0.717, 1.165) is 22.6 Å². The minimum Gasteiger partial charge on any atom is -0.497 e. The Kier molecular flexibility index (Phi) is 8.81. The Bertz CT molecular complexity index is 665. The smallest absolute Gasteiger partial charge is 0.221 e. The highest BCUT2D eigenvalue weighted by molar-refractivity contribution is 5.85. The predicted molar refractivity (Wildman–Crippen MR) is 101 cm³/mol. The van der Waals surface area contributed by atoms with Gasteiger partial charge >= 0.3 is 0 Å². The second kappa shape index (κ2) is 10.6. The average molecular weight is 365 g/mol. The molecule has 6 heteroatoms.